The number of nitrogens with one attached hydrogen (secondary N) is 1. The van der Waals surface area contributed by atoms with Gasteiger partial charge in [0.25, 0.3) is 0 Å². The molecule has 2 aromatic carbocycles. The molecular weight excluding hydrogens is 514 g/mol. The van der Waals surface area contributed by atoms with Gasteiger partial charge in [0.15, 0.2) is 12.1 Å². The molecule has 3 aromatic rings. The van der Waals surface area contributed by atoms with E-state index in [4.69, 9.17) is 9.47 Å². The Morgan fingerprint density at radius 2 is 1.66 bits per heavy atom. The summed E-state index contributed by atoms with van der Waals surface area (Å²) in [5, 5.41) is 7.32. The van der Waals surface area contributed by atoms with Crippen LogP contribution in [0.5, 0.6) is 0 Å². The van der Waals surface area contributed by atoms with Crippen molar-refractivity contribution in [1.82, 2.24) is 20.1 Å². The summed E-state index contributed by atoms with van der Waals surface area (Å²) < 4.78 is 92.4. The van der Waals surface area contributed by atoms with Crippen molar-refractivity contribution in [2.24, 2.45) is 0 Å². The Bertz CT molecular complexity index is 1180. The third-order valence-electron chi connectivity index (χ3n) is 6.39. The molecule has 0 radical (unpaired) electrons. The number of alkyl halides is 6. The van der Waals surface area contributed by atoms with Crippen molar-refractivity contribution in [3.05, 3.63) is 82.4 Å². The Labute approximate surface area is 216 Å². The molecular formula is C26H28F6N4O2. The average Bonchev–Trinajstić information content (AvgIpc) is 3.30. The molecule has 1 aromatic heterocycles. The number of hydrogen-bond acceptors (Lipinski definition) is 5. The average molecular weight is 543 g/mol. The minimum absolute atomic E-state index is 0.102. The lowest BCUT2D eigenvalue weighted by atomic mass is 9.81. The number of aromatic nitrogens is 3. The minimum Gasteiger partial charge on any atom is -0.352 e. The van der Waals surface area contributed by atoms with E-state index in [1.807, 2.05) is 49.3 Å². The zero-order valence-electron chi connectivity index (χ0n) is 21.0. The van der Waals surface area contributed by atoms with Gasteiger partial charge in [-0.2, -0.15) is 31.4 Å². The third kappa shape index (κ3) is 6.54. The van der Waals surface area contributed by atoms with Crippen LogP contribution in [0.15, 0.2) is 48.5 Å². The van der Waals surface area contributed by atoms with E-state index in [-0.39, 0.29) is 24.2 Å². The molecule has 6 nitrogen and oxygen atoms in total. The molecule has 0 saturated carbocycles. The monoisotopic (exact) mass is 542 g/mol. The Kier molecular flexibility index (Phi) is 8.15. The fourth-order valence-electron chi connectivity index (χ4n) is 4.60. The van der Waals surface area contributed by atoms with Crippen molar-refractivity contribution < 1.29 is 35.8 Å². The number of rotatable bonds is 7. The van der Waals surface area contributed by atoms with Crippen molar-refractivity contribution in [2.45, 2.75) is 56.5 Å². The summed E-state index contributed by atoms with van der Waals surface area (Å²) in [6, 6.07) is 10.7. The maximum atomic E-state index is 13.4. The second kappa shape index (κ2) is 11.0. The molecule has 2 heterocycles. The minimum atomic E-state index is -4.95. The second-order valence-electron chi connectivity index (χ2n) is 9.57. The van der Waals surface area contributed by atoms with Crippen LogP contribution in [0, 0.1) is 0 Å². The van der Waals surface area contributed by atoms with Crippen molar-refractivity contribution >= 4 is 0 Å². The quantitative estimate of drug-likeness (QED) is 0.356. The summed E-state index contributed by atoms with van der Waals surface area (Å²) >= 11 is 0. The van der Waals surface area contributed by atoms with Gasteiger partial charge in [0.2, 0.25) is 0 Å². The Morgan fingerprint density at radius 1 is 1.03 bits per heavy atom. The molecule has 12 heteroatoms. The number of nitrogens with zero attached hydrogens (tertiary/aromatic N) is 3. The summed E-state index contributed by atoms with van der Waals surface area (Å²) in [5.74, 6) is 0.488. The van der Waals surface area contributed by atoms with Gasteiger partial charge in [0.05, 0.1) is 30.4 Å². The Balaban J connectivity index is 1.67. The molecule has 1 fully saturated rings. The molecule has 1 N–H and O–H groups in total. The smallest absolute Gasteiger partial charge is 0.352 e. The predicted octanol–water partition coefficient (Wildman–Crippen LogP) is 6.30. The molecule has 1 aliphatic heterocycles. The predicted molar refractivity (Wildman–Crippen MR) is 126 cm³/mol. The number of H-pyrrole nitrogens is 1. The first-order chi connectivity index (χ1) is 17.8. The maximum Gasteiger partial charge on any atom is 0.416 e. The van der Waals surface area contributed by atoms with E-state index < -0.39 is 41.8 Å². The number of aromatic amines is 1. The summed E-state index contributed by atoms with van der Waals surface area (Å²) in [4.78, 5) is 6.56. The zero-order chi connectivity index (χ0) is 27.7. The first-order valence-electron chi connectivity index (χ1n) is 12.0. The maximum absolute atomic E-state index is 13.4. The van der Waals surface area contributed by atoms with Gasteiger partial charge < -0.3 is 14.4 Å². The van der Waals surface area contributed by atoms with Gasteiger partial charge in [-0.25, -0.2) is 4.98 Å². The van der Waals surface area contributed by atoms with Crippen molar-refractivity contribution in [3.63, 3.8) is 0 Å². The highest BCUT2D eigenvalue weighted by molar-refractivity contribution is 5.35. The van der Waals surface area contributed by atoms with E-state index in [0.29, 0.717) is 36.7 Å². The van der Waals surface area contributed by atoms with Gasteiger partial charge in [0, 0.05) is 11.8 Å². The van der Waals surface area contributed by atoms with Crippen LogP contribution in [0.2, 0.25) is 0 Å². The molecule has 4 atom stereocenters. The fraction of sp³-hybridized carbons (Fsp3) is 0.462. The van der Waals surface area contributed by atoms with E-state index in [1.165, 1.54) is 6.92 Å². The van der Waals surface area contributed by atoms with Crippen LogP contribution in [0.25, 0.3) is 0 Å². The molecule has 1 aliphatic rings. The number of benzene rings is 2. The van der Waals surface area contributed by atoms with Crippen LogP contribution in [-0.2, 0) is 28.4 Å². The normalized spacial score (nSPS) is 21.6. The SMILES string of the molecule is CC(OC1OCC[C@@H](c2n[nH]c(CN(C)C)n2)[C@@H]1c1ccccc1)c1cc(C(F)(F)F)cc(C(F)(F)F)c1. The fourth-order valence-corrected chi connectivity index (χ4v) is 4.60. The Morgan fingerprint density at radius 3 is 2.24 bits per heavy atom. The lowest BCUT2D eigenvalue weighted by Gasteiger charge is -2.38. The molecule has 2 unspecified atom stereocenters. The first-order valence-corrected chi connectivity index (χ1v) is 12.0. The molecule has 0 amide bonds. The standard InChI is InChI=1S/C26H28F6N4O2/c1-15(17-11-18(25(27,28)29)13-19(12-17)26(30,31)32)38-24-22(16-7-5-4-6-8-16)20(9-10-37-24)23-33-21(34-35-23)14-36(2)3/h4-8,11-13,15,20,22,24H,9-10,14H2,1-3H3,(H,33,34,35)/t15?,20-,22+,24?/m1/s1. The number of halogens is 6. The highest BCUT2D eigenvalue weighted by Gasteiger charge is 2.41. The van der Waals surface area contributed by atoms with Gasteiger partial charge in [-0.15, -0.1) is 0 Å². The lowest BCUT2D eigenvalue weighted by Crippen LogP contribution is -2.36. The van der Waals surface area contributed by atoms with Crippen LogP contribution in [0.1, 0.15) is 65.2 Å². The lowest BCUT2D eigenvalue weighted by molar-refractivity contribution is -0.202. The summed E-state index contributed by atoms with van der Waals surface area (Å²) in [6.45, 7) is 2.20. The highest BCUT2D eigenvalue weighted by Crippen LogP contribution is 2.44. The molecule has 0 aliphatic carbocycles. The van der Waals surface area contributed by atoms with Crippen LogP contribution in [0.4, 0.5) is 26.3 Å². The summed E-state index contributed by atoms with van der Waals surface area (Å²) in [5.41, 5.74) is -2.22. The van der Waals surface area contributed by atoms with Gasteiger partial charge >= 0.3 is 12.4 Å². The number of ether oxygens (including phenoxy) is 2. The van der Waals surface area contributed by atoms with Crippen molar-refractivity contribution in [2.75, 3.05) is 20.7 Å². The number of hydrogen-bond donors (Lipinski definition) is 1. The van der Waals surface area contributed by atoms with E-state index in [9.17, 15) is 26.3 Å². The molecule has 38 heavy (non-hydrogen) atoms. The van der Waals surface area contributed by atoms with Crippen molar-refractivity contribution in [3.8, 4) is 0 Å². The second-order valence-corrected chi connectivity index (χ2v) is 9.57. The highest BCUT2D eigenvalue weighted by atomic mass is 19.4. The third-order valence-corrected chi connectivity index (χ3v) is 6.39. The van der Waals surface area contributed by atoms with Gasteiger partial charge in [-0.3, -0.25) is 5.10 Å². The van der Waals surface area contributed by atoms with Gasteiger partial charge in [-0.1, -0.05) is 30.3 Å². The van der Waals surface area contributed by atoms with E-state index in [2.05, 4.69) is 15.2 Å². The van der Waals surface area contributed by atoms with Crippen LogP contribution in [-0.4, -0.2) is 47.1 Å². The van der Waals surface area contributed by atoms with Crippen LogP contribution in [0.3, 0.4) is 0 Å². The summed E-state index contributed by atoms with van der Waals surface area (Å²) in [6.07, 6.45) is -11.5. The summed E-state index contributed by atoms with van der Waals surface area (Å²) in [7, 11) is 3.79. The molecule has 4 rings (SSSR count). The molecule has 0 spiro atoms. The molecule has 1 saturated heterocycles. The van der Waals surface area contributed by atoms with E-state index in [1.54, 1.807) is 0 Å². The van der Waals surface area contributed by atoms with E-state index in [0.717, 1.165) is 5.56 Å². The molecule has 206 valence electrons. The Hall–Kier alpha value is -2.96. The van der Waals surface area contributed by atoms with Crippen molar-refractivity contribution in [1.29, 1.82) is 0 Å². The van der Waals surface area contributed by atoms with Gasteiger partial charge in [0.1, 0.15) is 5.82 Å². The molecule has 0 bridgehead atoms. The van der Waals surface area contributed by atoms with Crippen LogP contribution >= 0.6 is 0 Å². The first kappa shape index (κ1) is 28.1. The topological polar surface area (TPSA) is 63.3 Å². The van der Waals surface area contributed by atoms with E-state index >= 15 is 0 Å². The zero-order valence-corrected chi connectivity index (χ0v) is 21.0. The van der Waals surface area contributed by atoms with Gasteiger partial charge in [-0.05, 0) is 56.8 Å². The largest absolute Gasteiger partial charge is 0.416 e. The van der Waals surface area contributed by atoms with Crippen LogP contribution < -0.4 is 0 Å².